The second kappa shape index (κ2) is 6.56. The average molecular weight is 277 g/mol. The largest absolute Gasteiger partial charge is 0.387 e. The van der Waals surface area contributed by atoms with Gasteiger partial charge in [-0.15, -0.1) is 0 Å². The molecule has 0 aromatic heterocycles. The van der Waals surface area contributed by atoms with Gasteiger partial charge in [0, 0.05) is 6.54 Å². The highest BCUT2D eigenvalue weighted by Crippen LogP contribution is 2.21. The normalized spacial score (nSPS) is 11.2. The smallest absolute Gasteiger partial charge is 0.101 e. The third kappa shape index (κ3) is 3.39. The van der Waals surface area contributed by atoms with Gasteiger partial charge in [0.25, 0.3) is 0 Å². The first-order chi connectivity index (χ1) is 10.2. The predicted molar refractivity (Wildman–Crippen MR) is 80.5 cm³/mol. The summed E-state index contributed by atoms with van der Waals surface area (Å²) in [6.07, 6.45) is -0.705. The highest BCUT2D eigenvalue weighted by Gasteiger charge is 2.11. The van der Waals surface area contributed by atoms with Crippen LogP contribution in [0.15, 0.2) is 42.5 Å². The molecule has 21 heavy (non-hydrogen) atoms. The first-order valence-corrected chi connectivity index (χ1v) is 6.57. The molecule has 0 heterocycles. The standard InChI is InChI=1S/C17H15N3O/c1-12-5-7-13(8-6-12)16(21)11-20-17-14(9-18)3-2-4-15(17)10-19/h2-8,16,20-21H,11H2,1H3. The Morgan fingerprint density at radius 1 is 1.05 bits per heavy atom. The Bertz CT molecular complexity index is 676. The topological polar surface area (TPSA) is 79.8 Å². The van der Waals surface area contributed by atoms with E-state index in [-0.39, 0.29) is 6.54 Å². The van der Waals surface area contributed by atoms with Gasteiger partial charge in [-0.2, -0.15) is 10.5 Å². The summed E-state index contributed by atoms with van der Waals surface area (Å²) in [7, 11) is 0. The molecule has 0 aliphatic carbocycles. The Morgan fingerprint density at radius 3 is 2.14 bits per heavy atom. The van der Waals surface area contributed by atoms with Crippen LogP contribution in [0.1, 0.15) is 28.4 Å². The lowest BCUT2D eigenvalue weighted by molar-refractivity contribution is 0.191. The van der Waals surface area contributed by atoms with Crippen molar-refractivity contribution in [3.8, 4) is 12.1 Å². The van der Waals surface area contributed by atoms with Crippen LogP contribution < -0.4 is 5.32 Å². The highest BCUT2D eigenvalue weighted by molar-refractivity contribution is 5.66. The maximum Gasteiger partial charge on any atom is 0.101 e. The molecule has 0 spiro atoms. The third-order valence-corrected chi connectivity index (χ3v) is 3.24. The summed E-state index contributed by atoms with van der Waals surface area (Å²) in [4.78, 5) is 0. The average Bonchev–Trinajstić information content (AvgIpc) is 2.52. The van der Waals surface area contributed by atoms with Gasteiger partial charge in [0.05, 0.1) is 22.9 Å². The maximum absolute atomic E-state index is 10.2. The molecule has 2 N–H and O–H groups in total. The van der Waals surface area contributed by atoms with E-state index in [9.17, 15) is 5.11 Å². The summed E-state index contributed by atoms with van der Waals surface area (Å²) < 4.78 is 0. The van der Waals surface area contributed by atoms with Gasteiger partial charge >= 0.3 is 0 Å². The van der Waals surface area contributed by atoms with Crippen LogP contribution in [0.4, 0.5) is 5.69 Å². The number of aliphatic hydroxyl groups excluding tert-OH is 1. The van der Waals surface area contributed by atoms with Crippen molar-refractivity contribution in [3.63, 3.8) is 0 Å². The van der Waals surface area contributed by atoms with E-state index in [0.29, 0.717) is 16.8 Å². The van der Waals surface area contributed by atoms with Crippen LogP contribution in [0, 0.1) is 29.6 Å². The number of aryl methyl sites for hydroxylation is 1. The van der Waals surface area contributed by atoms with Gasteiger partial charge in [-0.05, 0) is 24.6 Å². The quantitative estimate of drug-likeness (QED) is 0.900. The Kier molecular flexibility index (Phi) is 4.56. The Labute approximate surface area is 123 Å². The van der Waals surface area contributed by atoms with Crippen molar-refractivity contribution in [2.45, 2.75) is 13.0 Å². The van der Waals surface area contributed by atoms with Crippen LogP contribution in [0.2, 0.25) is 0 Å². The number of rotatable bonds is 4. The predicted octanol–water partition coefficient (Wildman–Crippen LogP) is 2.88. The molecule has 104 valence electrons. The van der Waals surface area contributed by atoms with Crippen molar-refractivity contribution in [2.75, 3.05) is 11.9 Å². The summed E-state index contributed by atoms with van der Waals surface area (Å²) >= 11 is 0. The first kappa shape index (κ1) is 14.6. The van der Waals surface area contributed by atoms with E-state index in [1.807, 2.05) is 43.3 Å². The van der Waals surface area contributed by atoms with Crippen molar-refractivity contribution in [1.82, 2.24) is 0 Å². The van der Waals surface area contributed by atoms with Crippen LogP contribution in [-0.2, 0) is 0 Å². The van der Waals surface area contributed by atoms with E-state index in [4.69, 9.17) is 10.5 Å². The molecule has 1 unspecified atom stereocenters. The minimum Gasteiger partial charge on any atom is -0.387 e. The molecule has 2 rings (SSSR count). The van der Waals surface area contributed by atoms with Gasteiger partial charge in [-0.25, -0.2) is 0 Å². The fourth-order valence-electron chi connectivity index (χ4n) is 2.03. The molecule has 0 aliphatic rings. The zero-order valence-corrected chi connectivity index (χ0v) is 11.7. The van der Waals surface area contributed by atoms with Crippen LogP contribution in [0.3, 0.4) is 0 Å². The third-order valence-electron chi connectivity index (χ3n) is 3.24. The number of aliphatic hydroxyl groups is 1. The molecule has 0 saturated carbocycles. The van der Waals surface area contributed by atoms with Crippen molar-refractivity contribution >= 4 is 5.69 Å². The SMILES string of the molecule is Cc1ccc(C(O)CNc2c(C#N)cccc2C#N)cc1. The van der Waals surface area contributed by atoms with Crippen LogP contribution in [0.5, 0.6) is 0 Å². The Hall–Kier alpha value is -2.82. The van der Waals surface area contributed by atoms with E-state index in [2.05, 4.69) is 5.32 Å². The molecule has 2 aromatic rings. The van der Waals surface area contributed by atoms with Gasteiger partial charge in [-0.1, -0.05) is 35.9 Å². The van der Waals surface area contributed by atoms with E-state index in [1.165, 1.54) is 0 Å². The molecule has 1 atom stereocenters. The molecule has 0 radical (unpaired) electrons. The van der Waals surface area contributed by atoms with Gasteiger partial charge in [0.15, 0.2) is 0 Å². The first-order valence-electron chi connectivity index (χ1n) is 6.57. The lowest BCUT2D eigenvalue weighted by atomic mass is 10.1. The molecule has 4 nitrogen and oxygen atoms in total. The summed E-state index contributed by atoms with van der Waals surface area (Å²) in [5, 5.41) is 31.4. The fourth-order valence-corrected chi connectivity index (χ4v) is 2.03. The number of anilines is 1. The number of para-hydroxylation sites is 1. The summed E-state index contributed by atoms with van der Waals surface area (Å²) in [6.45, 7) is 2.22. The van der Waals surface area contributed by atoms with E-state index < -0.39 is 6.10 Å². The van der Waals surface area contributed by atoms with Crippen LogP contribution >= 0.6 is 0 Å². The molecule has 4 heteroatoms. The van der Waals surface area contributed by atoms with E-state index >= 15 is 0 Å². The second-order valence-corrected chi connectivity index (χ2v) is 4.76. The summed E-state index contributed by atoms with van der Waals surface area (Å²) in [6, 6.07) is 16.6. The van der Waals surface area contributed by atoms with E-state index in [0.717, 1.165) is 11.1 Å². The fraction of sp³-hybridized carbons (Fsp3) is 0.176. The van der Waals surface area contributed by atoms with Crippen molar-refractivity contribution in [2.24, 2.45) is 0 Å². The minimum atomic E-state index is -0.705. The number of nitriles is 2. The van der Waals surface area contributed by atoms with Crippen LogP contribution in [0.25, 0.3) is 0 Å². The zero-order chi connectivity index (χ0) is 15.2. The van der Waals surface area contributed by atoms with Gasteiger partial charge in [0.1, 0.15) is 12.1 Å². The van der Waals surface area contributed by atoms with Crippen molar-refractivity contribution in [1.29, 1.82) is 10.5 Å². The zero-order valence-electron chi connectivity index (χ0n) is 11.7. The highest BCUT2D eigenvalue weighted by atomic mass is 16.3. The van der Waals surface area contributed by atoms with Gasteiger partial charge in [-0.3, -0.25) is 0 Å². The number of nitrogens with zero attached hydrogens (tertiary/aromatic N) is 2. The molecular weight excluding hydrogens is 262 g/mol. The molecule has 0 fully saturated rings. The number of hydrogen-bond donors (Lipinski definition) is 2. The van der Waals surface area contributed by atoms with Gasteiger partial charge < -0.3 is 10.4 Å². The number of hydrogen-bond acceptors (Lipinski definition) is 4. The molecule has 0 amide bonds. The lowest BCUT2D eigenvalue weighted by Gasteiger charge is -2.15. The maximum atomic E-state index is 10.2. The Balaban J connectivity index is 2.15. The number of nitrogens with one attached hydrogen (secondary N) is 1. The van der Waals surface area contributed by atoms with Crippen LogP contribution in [-0.4, -0.2) is 11.7 Å². The van der Waals surface area contributed by atoms with Gasteiger partial charge in [0.2, 0.25) is 0 Å². The number of benzene rings is 2. The molecule has 2 aromatic carbocycles. The van der Waals surface area contributed by atoms with Crippen molar-refractivity contribution < 1.29 is 5.11 Å². The Morgan fingerprint density at radius 2 is 1.62 bits per heavy atom. The summed E-state index contributed by atoms with van der Waals surface area (Å²) in [5.74, 6) is 0. The molecule has 0 bridgehead atoms. The monoisotopic (exact) mass is 277 g/mol. The lowest BCUT2D eigenvalue weighted by Crippen LogP contribution is -2.13. The summed E-state index contributed by atoms with van der Waals surface area (Å²) in [5.41, 5.74) is 3.17. The minimum absolute atomic E-state index is 0.233. The second-order valence-electron chi connectivity index (χ2n) is 4.76. The van der Waals surface area contributed by atoms with Crippen molar-refractivity contribution in [3.05, 3.63) is 64.7 Å². The molecule has 0 saturated heterocycles. The van der Waals surface area contributed by atoms with E-state index in [1.54, 1.807) is 18.2 Å². The molecule has 0 aliphatic heterocycles. The molecular formula is C17H15N3O.